The minimum Gasteiger partial charge on any atom is -0.478 e. The molecule has 0 radical (unpaired) electrons. The lowest BCUT2D eigenvalue weighted by atomic mass is 10.3. The number of carboxylic acids is 1. The highest BCUT2D eigenvalue weighted by molar-refractivity contribution is 8.14. The molecule has 4 heteroatoms. The minimum absolute atomic E-state index is 0.209. The number of hydrogen-bond acceptors (Lipinski definition) is 3. The summed E-state index contributed by atoms with van der Waals surface area (Å²) in [5, 5.41) is 10.1. The molecule has 3 nitrogen and oxygen atoms in total. The van der Waals surface area contributed by atoms with Gasteiger partial charge in [0, 0.05) is 6.20 Å². The smallest absolute Gasteiger partial charge is 0.337 e. The van der Waals surface area contributed by atoms with E-state index in [0.29, 0.717) is 0 Å². The van der Waals surface area contributed by atoms with E-state index >= 15 is 0 Å². The molecule has 0 atom stereocenters. The van der Waals surface area contributed by atoms with Gasteiger partial charge in [-0.25, -0.2) is 4.79 Å². The molecular formula is C6H5NO2S. The van der Waals surface area contributed by atoms with Crippen molar-refractivity contribution in [1.82, 2.24) is 0 Å². The Morgan fingerprint density at radius 1 is 1.70 bits per heavy atom. The Morgan fingerprint density at radius 3 is 3.20 bits per heavy atom. The van der Waals surface area contributed by atoms with Crippen LogP contribution in [0.25, 0.3) is 0 Å². The molecule has 1 rings (SSSR count). The van der Waals surface area contributed by atoms with Crippen molar-refractivity contribution in [3.05, 3.63) is 23.3 Å². The Hall–Kier alpha value is -1.03. The Balaban J connectivity index is 2.83. The lowest BCUT2D eigenvalue weighted by Gasteiger charge is -1.86. The summed E-state index contributed by atoms with van der Waals surface area (Å²) in [6, 6.07) is 0. The van der Waals surface area contributed by atoms with Crippen LogP contribution >= 0.6 is 11.8 Å². The maximum absolute atomic E-state index is 10.3. The highest BCUT2D eigenvalue weighted by Gasteiger charge is 2.01. The monoisotopic (exact) mass is 155 g/mol. The predicted octanol–water partition coefficient (Wildman–Crippen LogP) is 1.24. The third kappa shape index (κ3) is 1.73. The average Bonchev–Trinajstić information content (AvgIpc) is 2.12. The largest absolute Gasteiger partial charge is 0.478 e. The first kappa shape index (κ1) is 7.08. The van der Waals surface area contributed by atoms with E-state index in [0.717, 1.165) is 0 Å². The van der Waals surface area contributed by atoms with Crippen LogP contribution in [-0.2, 0) is 4.79 Å². The molecule has 0 fully saturated rings. The van der Waals surface area contributed by atoms with E-state index in [2.05, 4.69) is 4.99 Å². The first-order chi connectivity index (χ1) is 4.80. The summed E-state index contributed by atoms with van der Waals surface area (Å²) >= 11 is 1.35. The van der Waals surface area contributed by atoms with E-state index in [-0.39, 0.29) is 5.57 Å². The lowest BCUT2D eigenvalue weighted by molar-refractivity contribution is -0.132. The lowest BCUT2D eigenvalue weighted by Crippen LogP contribution is -1.95. The molecule has 1 aliphatic rings. The highest BCUT2D eigenvalue weighted by Crippen LogP contribution is 2.07. The van der Waals surface area contributed by atoms with Crippen molar-refractivity contribution in [2.45, 2.75) is 0 Å². The minimum atomic E-state index is -0.948. The van der Waals surface area contributed by atoms with Gasteiger partial charge in [0.05, 0.1) is 11.1 Å². The summed E-state index contributed by atoms with van der Waals surface area (Å²) in [5.41, 5.74) is 1.79. The van der Waals surface area contributed by atoms with Crippen LogP contribution in [0.2, 0.25) is 0 Å². The molecule has 1 N–H and O–H groups in total. The topological polar surface area (TPSA) is 49.7 Å². The zero-order valence-corrected chi connectivity index (χ0v) is 5.84. The summed E-state index contributed by atoms with van der Waals surface area (Å²) < 4.78 is 0. The van der Waals surface area contributed by atoms with Gasteiger partial charge < -0.3 is 5.11 Å². The summed E-state index contributed by atoms with van der Waals surface area (Å²) in [6.45, 7) is 0. The molecule has 0 aromatic heterocycles. The van der Waals surface area contributed by atoms with Gasteiger partial charge in [0.2, 0.25) is 0 Å². The van der Waals surface area contributed by atoms with E-state index in [1.807, 2.05) is 0 Å². The molecule has 0 bridgehead atoms. The Labute approximate surface area is 62.2 Å². The van der Waals surface area contributed by atoms with Gasteiger partial charge in [-0.15, -0.1) is 0 Å². The molecule has 10 heavy (non-hydrogen) atoms. The summed E-state index contributed by atoms with van der Waals surface area (Å²) in [4.78, 5) is 14.0. The number of rotatable bonds is 1. The van der Waals surface area contributed by atoms with E-state index in [1.165, 1.54) is 24.0 Å². The van der Waals surface area contributed by atoms with Crippen molar-refractivity contribution in [2.24, 2.45) is 4.99 Å². The van der Waals surface area contributed by atoms with Crippen molar-refractivity contribution in [1.29, 1.82) is 0 Å². The molecule has 52 valence electrons. The van der Waals surface area contributed by atoms with Gasteiger partial charge >= 0.3 is 5.97 Å². The Kier molecular flexibility index (Phi) is 2.28. The number of nitrogens with zero attached hydrogens (tertiary/aromatic N) is 1. The molecule has 1 heterocycles. The van der Waals surface area contributed by atoms with Crippen molar-refractivity contribution in [2.75, 3.05) is 0 Å². The number of carboxylic acid groups (broad SMARTS) is 1. The van der Waals surface area contributed by atoms with E-state index < -0.39 is 5.97 Å². The number of hydrogen-bond donors (Lipinski definition) is 1. The summed E-state index contributed by atoms with van der Waals surface area (Å²) in [7, 11) is 0. The Morgan fingerprint density at radius 2 is 2.50 bits per heavy atom. The fourth-order valence-electron chi connectivity index (χ4n) is 0.463. The maximum atomic E-state index is 10.3. The van der Waals surface area contributed by atoms with Crippen LogP contribution in [-0.4, -0.2) is 16.6 Å². The fraction of sp³-hybridized carbons (Fsp3) is 0. The zero-order valence-electron chi connectivity index (χ0n) is 5.02. The van der Waals surface area contributed by atoms with Gasteiger partial charge in [-0.2, -0.15) is 0 Å². The second-order valence-electron chi connectivity index (χ2n) is 1.58. The van der Waals surface area contributed by atoms with Crippen molar-refractivity contribution in [3.8, 4) is 0 Å². The van der Waals surface area contributed by atoms with Gasteiger partial charge in [0.15, 0.2) is 0 Å². The van der Waals surface area contributed by atoms with Gasteiger partial charge in [0.25, 0.3) is 0 Å². The predicted molar refractivity (Wildman–Crippen MR) is 40.9 cm³/mol. The maximum Gasteiger partial charge on any atom is 0.337 e. The second kappa shape index (κ2) is 3.22. The standard InChI is InChI=1S/C6H5NO2S/c8-6(9)5-1-2-10-4-7-3-5/h1-4H,(H,8,9). The number of aliphatic imine (C=N–C) groups is 1. The second-order valence-corrected chi connectivity index (χ2v) is 2.34. The van der Waals surface area contributed by atoms with Crippen LogP contribution in [0.5, 0.6) is 0 Å². The van der Waals surface area contributed by atoms with Crippen LogP contribution in [0.3, 0.4) is 0 Å². The third-order valence-electron chi connectivity index (χ3n) is 0.908. The molecule has 0 saturated heterocycles. The average molecular weight is 155 g/mol. The fourth-order valence-corrected chi connectivity index (χ4v) is 0.890. The van der Waals surface area contributed by atoms with E-state index in [4.69, 9.17) is 5.11 Å². The van der Waals surface area contributed by atoms with Gasteiger partial charge in [0.1, 0.15) is 0 Å². The number of aliphatic carboxylic acids is 1. The quantitative estimate of drug-likeness (QED) is 0.619. The summed E-state index contributed by atoms with van der Waals surface area (Å²) in [6.07, 6.45) is 2.83. The molecule has 0 aromatic carbocycles. The first-order valence-corrected chi connectivity index (χ1v) is 3.52. The molecule has 1 aliphatic heterocycles. The number of thioether (sulfide) groups is 1. The van der Waals surface area contributed by atoms with Gasteiger partial charge in [-0.05, 0) is 11.5 Å². The molecule has 0 spiro atoms. The molecule has 0 aromatic rings. The summed E-state index contributed by atoms with van der Waals surface area (Å²) in [5.74, 6) is -0.948. The van der Waals surface area contributed by atoms with Crippen LogP contribution in [0.4, 0.5) is 0 Å². The first-order valence-electron chi connectivity index (χ1n) is 2.58. The van der Waals surface area contributed by atoms with Crippen molar-refractivity contribution < 1.29 is 9.90 Å². The number of carbonyl (C=O) groups is 1. The van der Waals surface area contributed by atoms with Gasteiger partial charge in [-0.1, -0.05) is 11.8 Å². The van der Waals surface area contributed by atoms with Crippen molar-refractivity contribution in [3.63, 3.8) is 0 Å². The molecular weight excluding hydrogens is 150 g/mol. The molecule has 0 aliphatic carbocycles. The van der Waals surface area contributed by atoms with Crippen LogP contribution < -0.4 is 0 Å². The zero-order chi connectivity index (χ0) is 7.40. The molecule has 0 unspecified atom stereocenters. The van der Waals surface area contributed by atoms with Crippen LogP contribution in [0.15, 0.2) is 28.2 Å². The SMILES string of the molecule is O=C(O)C1=CN=CSC=C1. The van der Waals surface area contributed by atoms with E-state index in [1.54, 1.807) is 11.0 Å². The Bertz CT molecular complexity index is 230. The molecule has 0 amide bonds. The van der Waals surface area contributed by atoms with Crippen LogP contribution in [0.1, 0.15) is 0 Å². The van der Waals surface area contributed by atoms with E-state index in [9.17, 15) is 4.79 Å². The highest BCUT2D eigenvalue weighted by atomic mass is 32.2. The van der Waals surface area contributed by atoms with Crippen LogP contribution in [0, 0.1) is 0 Å². The molecule has 0 saturated carbocycles. The third-order valence-corrected chi connectivity index (χ3v) is 1.45. The van der Waals surface area contributed by atoms with Crippen molar-refractivity contribution >= 4 is 23.3 Å². The normalized spacial score (nSPS) is 16.2. The van der Waals surface area contributed by atoms with Gasteiger partial charge in [-0.3, -0.25) is 4.99 Å².